The standard InChI is InChI=1S/C18H27NO5S/c1-13-5-9-16(10-6-13)25(22,23)19-12-15(20)8-7-14(19)11-18(2,3)17(21)24-4/h5-6,9-10,14-15,20H,7-8,11-12H2,1-4H3. The van der Waals surface area contributed by atoms with E-state index >= 15 is 0 Å². The molecule has 140 valence electrons. The van der Waals surface area contributed by atoms with Crippen molar-refractivity contribution in [2.45, 2.75) is 57.1 Å². The number of methoxy groups -OCH3 is 1. The first-order chi connectivity index (χ1) is 11.6. The number of benzene rings is 1. The highest BCUT2D eigenvalue weighted by molar-refractivity contribution is 7.89. The summed E-state index contributed by atoms with van der Waals surface area (Å²) in [5, 5.41) is 10.0. The van der Waals surface area contributed by atoms with E-state index in [1.807, 2.05) is 6.92 Å². The normalized spacial score (nSPS) is 22.6. The summed E-state index contributed by atoms with van der Waals surface area (Å²) < 4.78 is 32.3. The first-order valence-electron chi connectivity index (χ1n) is 8.43. The van der Waals surface area contributed by atoms with E-state index < -0.39 is 21.5 Å². The molecule has 7 heteroatoms. The number of hydrogen-bond acceptors (Lipinski definition) is 5. The Labute approximate surface area is 149 Å². The number of carbonyl (C=O) groups excluding carboxylic acids is 1. The summed E-state index contributed by atoms with van der Waals surface area (Å²) in [6.07, 6.45) is 0.671. The zero-order valence-electron chi connectivity index (χ0n) is 15.2. The van der Waals surface area contributed by atoms with Crippen molar-refractivity contribution in [2.75, 3.05) is 13.7 Å². The largest absolute Gasteiger partial charge is 0.469 e. The second-order valence-corrected chi connectivity index (χ2v) is 9.24. The number of piperidine rings is 1. The van der Waals surface area contributed by atoms with Crippen molar-refractivity contribution in [3.8, 4) is 0 Å². The number of rotatable bonds is 5. The molecule has 25 heavy (non-hydrogen) atoms. The number of aryl methyl sites for hydroxylation is 1. The molecule has 0 spiro atoms. The van der Waals surface area contributed by atoms with Crippen LogP contribution in [0.15, 0.2) is 29.2 Å². The molecule has 1 aliphatic rings. The summed E-state index contributed by atoms with van der Waals surface area (Å²) in [5.41, 5.74) is 0.170. The van der Waals surface area contributed by atoms with Crippen LogP contribution in [0.2, 0.25) is 0 Å². The van der Waals surface area contributed by atoms with E-state index in [4.69, 9.17) is 4.74 Å². The van der Waals surface area contributed by atoms with Crippen LogP contribution in [0.3, 0.4) is 0 Å². The molecule has 0 bridgehead atoms. The summed E-state index contributed by atoms with van der Waals surface area (Å²) in [5.74, 6) is -0.369. The van der Waals surface area contributed by atoms with Crippen LogP contribution >= 0.6 is 0 Å². The minimum atomic E-state index is -3.74. The van der Waals surface area contributed by atoms with Gasteiger partial charge in [0.15, 0.2) is 0 Å². The quantitative estimate of drug-likeness (QED) is 0.804. The van der Waals surface area contributed by atoms with Crippen LogP contribution in [0.1, 0.15) is 38.7 Å². The Morgan fingerprint density at radius 1 is 1.28 bits per heavy atom. The molecule has 1 heterocycles. The predicted octanol–water partition coefficient (Wildman–Crippen LogP) is 2.10. The summed E-state index contributed by atoms with van der Waals surface area (Å²) in [6.45, 7) is 5.43. The average molecular weight is 369 g/mol. The summed E-state index contributed by atoms with van der Waals surface area (Å²) >= 11 is 0. The molecule has 0 aliphatic carbocycles. The van der Waals surface area contributed by atoms with E-state index in [1.54, 1.807) is 38.1 Å². The van der Waals surface area contributed by atoms with Crippen molar-refractivity contribution in [1.29, 1.82) is 0 Å². The lowest BCUT2D eigenvalue weighted by molar-refractivity contribution is -0.152. The van der Waals surface area contributed by atoms with Gasteiger partial charge >= 0.3 is 5.97 Å². The van der Waals surface area contributed by atoms with Gasteiger partial charge in [-0.2, -0.15) is 4.31 Å². The smallest absolute Gasteiger partial charge is 0.311 e. The van der Waals surface area contributed by atoms with Gasteiger partial charge in [0.25, 0.3) is 0 Å². The molecule has 2 unspecified atom stereocenters. The molecule has 1 fully saturated rings. The van der Waals surface area contributed by atoms with Crippen LogP contribution < -0.4 is 0 Å². The lowest BCUT2D eigenvalue weighted by Gasteiger charge is -2.39. The molecular weight excluding hydrogens is 342 g/mol. The van der Waals surface area contributed by atoms with E-state index in [2.05, 4.69) is 0 Å². The van der Waals surface area contributed by atoms with Crippen molar-refractivity contribution in [3.63, 3.8) is 0 Å². The fraction of sp³-hybridized carbons (Fsp3) is 0.611. The third kappa shape index (κ3) is 4.40. The minimum absolute atomic E-state index is 0.0398. The molecule has 1 aromatic carbocycles. The number of β-amino-alcohol motifs (C(OH)–C–C–N with tert-alkyl or cyclic N) is 1. The van der Waals surface area contributed by atoms with Crippen LogP contribution in [0.5, 0.6) is 0 Å². The molecular formula is C18H27NO5S. The summed E-state index contributed by atoms with van der Waals surface area (Å²) in [7, 11) is -2.42. The number of carbonyl (C=O) groups is 1. The number of aliphatic hydroxyl groups is 1. The SMILES string of the molecule is COC(=O)C(C)(C)CC1CCC(O)CN1S(=O)(=O)c1ccc(C)cc1. The van der Waals surface area contributed by atoms with Crippen LogP contribution in [0.25, 0.3) is 0 Å². The molecule has 1 aromatic rings. The van der Waals surface area contributed by atoms with Crippen molar-refractivity contribution < 1.29 is 23.1 Å². The lowest BCUT2D eigenvalue weighted by atomic mass is 9.83. The van der Waals surface area contributed by atoms with E-state index in [0.717, 1.165) is 5.56 Å². The second-order valence-electron chi connectivity index (χ2n) is 7.35. The van der Waals surface area contributed by atoms with Crippen molar-refractivity contribution >= 4 is 16.0 Å². The Hall–Kier alpha value is -1.44. The second kappa shape index (κ2) is 7.43. The monoisotopic (exact) mass is 369 g/mol. The molecule has 2 rings (SSSR count). The predicted molar refractivity (Wildman–Crippen MR) is 94.5 cm³/mol. The molecule has 0 saturated carbocycles. The summed E-state index contributed by atoms with van der Waals surface area (Å²) in [4.78, 5) is 12.2. The van der Waals surface area contributed by atoms with Gasteiger partial charge in [0.2, 0.25) is 10.0 Å². The van der Waals surface area contributed by atoms with Gasteiger partial charge in [0.05, 0.1) is 23.5 Å². The zero-order chi connectivity index (χ0) is 18.8. The van der Waals surface area contributed by atoms with E-state index in [0.29, 0.717) is 19.3 Å². The molecule has 2 atom stereocenters. The lowest BCUT2D eigenvalue weighted by Crippen LogP contribution is -2.50. The van der Waals surface area contributed by atoms with Crippen LogP contribution in [-0.4, -0.2) is 49.6 Å². The maximum Gasteiger partial charge on any atom is 0.311 e. The van der Waals surface area contributed by atoms with Gasteiger partial charge in [-0.05, 0) is 52.2 Å². The van der Waals surface area contributed by atoms with Gasteiger partial charge in [-0.3, -0.25) is 4.79 Å². The molecule has 0 amide bonds. The Bertz CT molecular complexity index is 711. The van der Waals surface area contributed by atoms with Gasteiger partial charge in [-0.15, -0.1) is 0 Å². The number of aliphatic hydroxyl groups excluding tert-OH is 1. The Kier molecular flexibility index (Phi) is 5.91. The van der Waals surface area contributed by atoms with Crippen LogP contribution in [-0.2, 0) is 19.6 Å². The average Bonchev–Trinajstić information content (AvgIpc) is 2.55. The highest BCUT2D eigenvalue weighted by Gasteiger charge is 2.41. The fourth-order valence-corrected chi connectivity index (χ4v) is 4.96. The Balaban J connectivity index is 2.33. The van der Waals surface area contributed by atoms with E-state index in [1.165, 1.54) is 11.4 Å². The molecule has 0 aromatic heterocycles. The van der Waals surface area contributed by atoms with Gasteiger partial charge < -0.3 is 9.84 Å². The maximum absolute atomic E-state index is 13.1. The molecule has 1 N–H and O–H groups in total. The van der Waals surface area contributed by atoms with E-state index in [9.17, 15) is 18.3 Å². The van der Waals surface area contributed by atoms with Crippen molar-refractivity contribution in [2.24, 2.45) is 5.41 Å². The van der Waals surface area contributed by atoms with Gasteiger partial charge in [0.1, 0.15) is 0 Å². The summed E-state index contributed by atoms with van der Waals surface area (Å²) in [6, 6.07) is 6.30. The molecule has 1 aliphatic heterocycles. The van der Waals surface area contributed by atoms with Crippen molar-refractivity contribution in [3.05, 3.63) is 29.8 Å². The van der Waals surface area contributed by atoms with E-state index in [-0.39, 0.29) is 23.5 Å². The van der Waals surface area contributed by atoms with Crippen LogP contribution in [0.4, 0.5) is 0 Å². The third-order valence-corrected chi connectivity index (χ3v) is 6.68. The Morgan fingerprint density at radius 3 is 2.44 bits per heavy atom. The molecule has 0 radical (unpaired) electrons. The number of ether oxygens (including phenoxy) is 1. The topological polar surface area (TPSA) is 83.9 Å². The van der Waals surface area contributed by atoms with Gasteiger partial charge in [0, 0.05) is 12.6 Å². The first kappa shape index (κ1) is 19.9. The van der Waals surface area contributed by atoms with Gasteiger partial charge in [-0.25, -0.2) is 8.42 Å². The maximum atomic E-state index is 13.1. The fourth-order valence-electron chi connectivity index (χ4n) is 3.27. The number of hydrogen-bond donors (Lipinski definition) is 1. The third-order valence-electron chi connectivity index (χ3n) is 4.74. The minimum Gasteiger partial charge on any atom is -0.469 e. The zero-order valence-corrected chi connectivity index (χ0v) is 16.0. The molecule has 6 nitrogen and oxygen atoms in total. The highest BCUT2D eigenvalue weighted by atomic mass is 32.2. The first-order valence-corrected chi connectivity index (χ1v) is 9.87. The highest BCUT2D eigenvalue weighted by Crippen LogP contribution is 2.34. The number of esters is 1. The van der Waals surface area contributed by atoms with Crippen molar-refractivity contribution in [1.82, 2.24) is 4.31 Å². The molecule has 1 saturated heterocycles. The van der Waals surface area contributed by atoms with Crippen LogP contribution in [0, 0.1) is 12.3 Å². The number of sulfonamides is 1. The number of nitrogens with zero attached hydrogens (tertiary/aromatic N) is 1. The van der Waals surface area contributed by atoms with Gasteiger partial charge in [-0.1, -0.05) is 17.7 Å². The Morgan fingerprint density at radius 2 is 1.88 bits per heavy atom.